The van der Waals surface area contributed by atoms with Crippen LogP contribution in [0.2, 0.25) is 10.0 Å². The smallest absolute Gasteiger partial charge is 0.265 e. The summed E-state index contributed by atoms with van der Waals surface area (Å²) in [4.78, 5) is 23.1. The van der Waals surface area contributed by atoms with Crippen LogP contribution < -0.4 is 10.1 Å². The van der Waals surface area contributed by atoms with Gasteiger partial charge in [-0.05, 0) is 37.3 Å². The molecule has 0 unspecified atom stereocenters. The van der Waals surface area contributed by atoms with Gasteiger partial charge in [-0.2, -0.15) is 0 Å². The molecule has 2 rings (SSSR count). The highest BCUT2D eigenvalue weighted by molar-refractivity contribution is 6.36. The highest BCUT2D eigenvalue weighted by atomic mass is 35.5. The topological polar surface area (TPSA) is 55.4 Å². The molecule has 1 N–H and O–H groups in total. The fraction of sp³-hybridized carbons (Fsp3) is 0.125. The van der Waals surface area contributed by atoms with E-state index in [1.54, 1.807) is 43.3 Å². The van der Waals surface area contributed by atoms with Gasteiger partial charge in [-0.1, -0.05) is 35.3 Å². The summed E-state index contributed by atoms with van der Waals surface area (Å²) in [6, 6.07) is 11.4. The van der Waals surface area contributed by atoms with Gasteiger partial charge in [0.1, 0.15) is 5.75 Å². The molecule has 0 aliphatic rings. The number of benzene rings is 2. The van der Waals surface area contributed by atoms with E-state index in [1.807, 2.05) is 0 Å². The number of halogens is 2. The molecule has 0 heterocycles. The number of para-hydroxylation sites is 1. The Morgan fingerprint density at radius 3 is 2.64 bits per heavy atom. The van der Waals surface area contributed by atoms with Crippen molar-refractivity contribution in [3.05, 3.63) is 58.1 Å². The summed E-state index contributed by atoms with van der Waals surface area (Å²) in [5.74, 6) is -0.0349. The standard InChI is InChI=1S/C16H13Cl2NO3/c1-10(22-15-5-3-2-4-11(15)9-20)16(21)19-14-7-6-12(17)8-13(14)18/h2-10H,1H3,(H,19,21)/t10-/m0/s1. The van der Waals surface area contributed by atoms with E-state index < -0.39 is 6.10 Å². The van der Waals surface area contributed by atoms with Gasteiger partial charge in [0.05, 0.1) is 16.3 Å². The highest BCUT2D eigenvalue weighted by Crippen LogP contribution is 2.26. The molecule has 0 saturated heterocycles. The summed E-state index contributed by atoms with van der Waals surface area (Å²) in [5, 5.41) is 3.47. The molecule has 6 heteroatoms. The van der Waals surface area contributed by atoms with Gasteiger partial charge in [0.15, 0.2) is 12.4 Å². The van der Waals surface area contributed by atoms with Gasteiger partial charge in [0, 0.05) is 5.02 Å². The molecule has 0 aliphatic heterocycles. The van der Waals surface area contributed by atoms with Crippen molar-refractivity contribution in [2.45, 2.75) is 13.0 Å². The lowest BCUT2D eigenvalue weighted by Gasteiger charge is -2.16. The molecule has 2 aromatic rings. The predicted molar refractivity (Wildman–Crippen MR) is 87.0 cm³/mol. The van der Waals surface area contributed by atoms with Crippen LogP contribution in [0, 0.1) is 0 Å². The summed E-state index contributed by atoms with van der Waals surface area (Å²) >= 11 is 11.8. The molecule has 2 aromatic carbocycles. The average molecular weight is 338 g/mol. The van der Waals surface area contributed by atoms with Crippen LogP contribution in [0.4, 0.5) is 5.69 Å². The zero-order valence-electron chi connectivity index (χ0n) is 11.7. The van der Waals surface area contributed by atoms with Crippen LogP contribution in [0.5, 0.6) is 5.75 Å². The number of carbonyl (C=O) groups is 2. The van der Waals surface area contributed by atoms with E-state index in [-0.39, 0.29) is 5.91 Å². The Kier molecular flexibility index (Phi) is 5.41. The average Bonchev–Trinajstić information content (AvgIpc) is 2.50. The Labute approximate surface area is 138 Å². The molecular weight excluding hydrogens is 325 g/mol. The largest absolute Gasteiger partial charge is 0.480 e. The summed E-state index contributed by atoms with van der Waals surface area (Å²) < 4.78 is 5.52. The Hall–Kier alpha value is -2.04. The molecular formula is C16H13Cl2NO3. The summed E-state index contributed by atoms with van der Waals surface area (Å²) in [6.07, 6.45) is -0.122. The van der Waals surface area contributed by atoms with Crippen LogP contribution in [-0.2, 0) is 4.79 Å². The van der Waals surface area contributed by atoms with Crippen LogP contribution in [0.15, 0.2) is 42.5 Å². The first-order valence-electron chi connectivity index (χ1n) is 6.48. The molecule has 1 amide bonds. The minimum atomic E-state index is -0.798. The van der Waals surface area contributed by atoms with E-state index in [0.717, 1.165) is 0 Å². The fourth-order valence-electron chi connectivity index (χ4n) is 1.75. The monoisotopic (exact) mass is 337 g/mol. The van der Waals surface area contributed by atoms with Gasteiger partial charge < -0.3 is 10.1 Å². The molecule has 0 radical (unpaired) electrons. The maximum atomic E-state index is 12.1. The molecule has 0 bridgehead atoms. The molecule has 0 fully saturated rings. The number of amides is 1. The number of carbonyl (C=O) groups excluding carboxylic acids is 2. The van der Waals surface area contributed by atoms with Gasteiger partial charge in [-0.25, -0.2) is 0 Å². The van der Waals surface area contributed by atoms with Crippen LogP contribution in [0.3, 0.4) is 0 Å². The number of anilines is 1. The second kappa shape index (κ2) is 7.29. The minimum absolute atomic E-state index is 0.335. The molecule has 0 aliphatic carbocycles. The van der Waals surface area contributed by atoms with Crippen LogP contribution in [-0.4, -0.2) is 18.3 Å². The first-order valence-corrected chi connectivity index (χ1v) is 7.23. The Balaban J connectivity index is 2.07. The van der Waals surface area contributed by atoms with Crippen LogP contribution >= 0.6 is 23.2 Å². The van der Waals surface area contributed by atoms with Gasteiger partial charge in [-0.15, -0.1) is 0 Å². The van der Waals surface area contributed by atoms with Gasteiger partial charge in [0.2, 0.25) is 0 Å². The van der Waals surface area contributed by atoms with E-state index in [9.17, 15) is 9.59 Å². The number of ether oxygens (including phenoxy) is 1. The molecule has 0 saturated carbocycles. The zero-order valence-corrected chi connectivity index (χ0v) is 13.2. The van der Waals surface area contributed by atoms with E-state index in [4.69, 9.17) is 27.9 Å². The van der Waals surface area contributed by atoms with Crippen molar-refractivity contribution in [3.63, 3.8) is 0 Å². The third-order valence-corrected chi connectivity index (χ3v) is 3.46. The van der Waals surface area contributed by atoms with Gasteiger partial charge in [0.25, 0.3) is 5.91 Å². The molecule has 1 atom stereocenters. The molecule has 4 nitrogen and oxygen atoms in total. The Morgan fingerprint density at radius 2 is 1.95 bits per heavy atom. The number of hydrogen-bond donors (Lipinski definition) is 1. The van der Waals surface area contributed by atoms with E-state index in [0.29, 0.717) is 33.3 Å². The van der Waals surface area contributed by atoms with Crippen molar-refractivity contribution < 1.29 is 14.3 Å². The number of aldehydes is 1. The van der Waals surface area contributed by atoms with Crippen molar-refractivity contribution in [2.75, 3.05) is 5.32 Å². The SMILES string of the molecule is C[C@H](Oc1ccccc1C=O)C(=O)Nc1ccc(Cl)cc1Cl. The Morgan fingerprint density at radius 1 is 1.23 bits per heavy atom. The number of nitrogens with one attached hydrogen (secondary N) is 1. The fourth-order valence-corrected chi connectivity index (χ4v) is 2.21. The van der Waals surface area contributed by atoms with Crippen molar-refractivity contribution in [3.8, 4) is 5.75 Å². The normalized spacial score (nSPS) is 11.6. The van der Waals surface area contributed by atoms with Crippen molar-refractivity contribution in [1.29, 1.82) is 0 Å². The first-order chi connectivity index (χ1) is 10.5. The van der Waals surface area contributed by atoms with Gasteiger partial charge in [-0.3, -0.25) is 9.59 Å². The molecule has 22 heavy (non-hydrogen) atoms. The molecule has 114 valence electrons. The maximum absolute atomic E-state index is 12.1. The summed E-state index contributed by atoms with van der Waals surface area (Å²) in [5.41, 5.74) is 0.821. The third kappa shape index (κ3) is 4.00. The van der Waals surface area contributed by atoms with Crippen LogP contribution in [0.25, 0.3) is 0 Å². The first kappa shape index (κ1) is 16.3. The predicted octanol–water partition coefficient (Wildman–Crippen LogP) is 4.21. The maximum Gasteiger partial charge on any atom is 0.265 e. The lowest BCUT2D eigenvalue weighted by Crippen LogP contribution is -2.30. The van der Waals surface area contributed by atoms with Gasteiger partial charge >= 0.3 is 0 Å². The second-order valence-corrected chi connectivity index (χ2v) is 5.37. The van der Waals surface area contributed by atoms with E-state index >= 15 is 0 Å². The molecule has 0 spiro atoms. The minimum Gasteiger partial charge on any atom is -0.480 e. The molecule has 0 aromatic heterocycles. The lowest BCUT2D eigenvalue weighted by atomic mass is 10.2. The summed E-state index contributed by atoms with van der Waals surface area (Å²) in [7, 11) is 0. The van der Waals surface area contributed by atoms with E-state index in [1.165, 1.54) is 6.07 Å². The van der Waals surface area contributed by atoms with Crippen LogP contribution in [0.1, 0.15) is 17.3 Å². The zero-order chi connectivity index (χ0) is 16.1. The quantitative estimate of drug-likeness (QED) is 0.831. The highest BCUT2D eigenvalue weighted by Gasteiger charge is 2.17. The van der Waals surface area contributed by atoms with Crippen molar-refractivity contribution in [2.24, 2.45) is 0 Å². The second-order valence-electron chi connectivity index (χ2n) is 4.53. The number of hydrogen-bond acceptors (Lipinski definition) is 3. The lowest BCUT2D eigenvalue weighted by molar-refractivity contribution is -0.122. The number of rotatable bonds is 5. The third-order valence-electron chi connectivity index (χ3n) is 2.91. The van der Waals surface area contributed by atoms with Crippen molar-refractivity contribution >= 4 is 41.1 Å². The summed E-state index contributed by atoms with van der Waals surface area (Å²) in [6.45, 7) is 1.58. The Bertz CT molecular complexity index is 704. The van der Waals surface area contributed by atoms with E-state index in [2.05, 4.69) is 5.32 Å². The van der Waals surface area contributed by atoms with Crippen molar-refractivity contribution in [1.82, 2.24) is 0 Å².